The minimum absolute atomic E-state index is 0.356. The summed E-state index contributed by atoms with van der Waals surface area (Å²) in [6, 6.07) is 16.7. The normalized spacial score (nSPS) is 13.5. The van der Waals surface area contributed by atoms with Crippen molar-refractivity contribution >= 4 is 32.8 Å². The Labute approximate surface area is 144 Å². The summed E-state index contributed by atoms with van der Waals surface area (Å²) in [5.41, 5.74) is 0.620. The van der Waals surface area contributed by atoms with Crippen LogP contribution in [0.15, 0.2) is 59.1 Å². The van der Waals surface area contributed by atoms with Crippen molar-refractivity contribution in [2.24, 2.45) is 0 Å². The van der Waals surface area contributed by atoms with Crippen LogP contribution >= 0.6 is 15.9 Å². The van der Waals surface area contributed by atoms with E-state index in [1.165, 1.54) is 0 Å². The van der Waals surface area contributed by atoms with Gasteiger partial charge in [0.15, 0.2) is 0 Å². The standard InChI is InChI=1S/C16H16BrNO4S/c1-16(13-8-3-2-4-9-13,15(19)22-18-23(20)21)11-12-7-5-6-10-14(12)17/h2-10,23H,11H2,1H3,(H,18,20,21). The van der Waals surface area contributed by atoms with Crippen LogP contribution in [0.25, 0.3) is 0 Å². The zero-order valence-corrected chi connectivity index (χ0v) is 14.8. The van der Waals surface area contributed by atoms with E-state index >= 15 is 0 Å². The molecule has 2 aromatic rings. The molecule has 0 saturated carbocycles. The molecule has 0 aliphatic heterocycles. The van der Waals surface area contributed by atoms with E-state index in [-0.39, 0.29) is 0 Å². The Kier molecular flexibility index (Phi) is 5.92. The van der Waals surface area contributed by atoms with Gasteiger partial charge in [0.05, 0.1) is 5.41 Å². The van der Waals surface area contributed by atoms with E-state index in [1.54, 1.807) is 11.8 Å². The van der Waals surface area contributed by atoms with Crippen molar-refractivity contribution in [2.45, 2.75) is 18.8 Å². The van der Waals surface area contributed by atoms with Crippen LogP contribution in [-0.4, -0.2) is 14.4 Å². The van der Waals surface area contributed by atoms with Crippen molar-refractivity contribution in [1.82, 2.24) is 4.89 Å². The molecule has 2 aromatic carbocycles. The minimum atomic E-state index is -3.02. The van der Waals surface area contributed by atoms with Gasteiger partial charge < -0.3 is 4.84 Å². The van der Waals surface area contributed by atoms with Crippen LogP contribution in [0.4, 0.5) is 0 Å². The molecule has 0 aromatic heterocycles. The van der Waals surface area contributed by atoms with E-state index < -0.39 is 22.3 Å². The Balaban J connectivity index is 2.39. The molecule has 5 nitrogen and oxygen atoms in total. The Morgan fingerprint density at radius 1 is 1.13 bits per heavy atom. The van der Waals surface area contributed by atoms with Crippen LogP contribution in [0.2, 0.25) is 0 Å². The van der Waals surface area contributed by atoms with Gasteiger partial charge in [-0.25, -0.2) is 13.2 Å². The van der Waals surface area contributed by atoms with Gasteiger partial charge in [-0.3, -0.25) is 0 Å². The Morgan fingerprint density at radius 2 is 1.74 bits per heavy atom. The number of hydrogen-bond donors (Lipinski definition) is 2. The van der Waals surface area contributed by atoms with Crippen LogP contribution in [0.1, 0.15) is 18.1 Å². The van der Waals surface area contributed by atoms with Crippen LogP contribution in [0, 0.1) is 0 Å². The summed E-state index contributed by atoms with van der Waals surface area (Å²) in [7, 11) is -3.02. The van der Waals surface area contributed by atoms with E-state index in [1.807, 2.05) is 54.6 Å². The molecule has 0 fully saturated rings. The molecule has 23 heavy (non-hydrogen) atoms. The lowest BCUT2D eigenvalue weighted by Crippen LogP contribution is -2.39. The lowest BCUT2D eigenvalue weighted by atomic mass is 9.77. The monoisotopic (exact) mass is 397 g/mol. The van der Waals surface area contributed by atoms with Crippen LogP contribution in [-0.2, 0) is 32.4 Å². The molecule has 1 unspecified atom stereocenters. The van der Waals surface area contributed by atoms with Gasteiger partial charge in [-0.2, -0.15) is 0 Å². The van der Waals surface area contributed by atoms with Crippen LogP contribution in [0.5, 0.6) is 0 Å². The summed E-state index contributed by atoms with van der Waals surface area (Å²) in [6.07, 6.45) is 0.356. The number of thiol groups is 1. The molecule has 0 saturated heterocycles. The summed E-state index contributed by atoms with van der Waals surface area (Å²) in [4.78, 5) is 19.0. The maximum atomic E-state index is 12.5. The fraction of sp³-hybridized carbons (Fsp3) is 0.188. The number of rotatable bonds is 6. The predicted molar refractivity (Wildman–Crippen MR) is 91.2 cm³/mol. The van der Waals surface area contributed by atoms with Gasteiger partial charge in [-0.15, -0.1) is 0 Å². The van der Waals surface area contributed by atoms with Gasteiger partial charge in [0.1, 0.15) is 0 Å². The number of carbonyl (C=O) groups excluding carboxylic acids is 1. The average Bonchev–Trinajstić information content (AvgIpc) is 2.55. The molecule has 0 aliphatic carbocycles. The number of nitrogens with one attached hydrogen (secondary N) is 1. The van der Waals surface area contributed by atoms with Crippen molar-refractivity contribution in [1.29, 1.82) is 0 Å². The number of benzene rings is 2. The van der Waals surface area contributed by atoms with Crippen molar-refractivity contribution in [3.63, 3.8) is 0 Å². The highest BCUT2D eigenvalue weighted by atomic mass is 79.9. The number of halogens is 1. The van der Waals surface area contributed by atoms with Crippen molar-refractivity contribution in [3.8, 4) is 0 Å². The smallest absolute Gasteiger partial charge is 0.336 e. The van der Waals surface area contributed by atoms with E-state index in [2.05, 4.69) is 15.9 Å². The number of carbonyl (C=O) groups is 1. The molecular formula is C16H16BrNO4S. The van der Waals surface area contributed by atoms with E-state index in [9.17, 15) is 13.2 Å². The Hall–Kier alpha value is -1.70. The summed E-state index contributed by atoms with van der Waals surface area (Å²) in [6.45, 7) is 1.73. The summed E-state index contributed by atoms with van der Waals surface area (Å²) in [5.74, 6) is -0.668. The third kappa shape index (κ3) is 4.40. The molecule has 1 N–H and O–H groups in total. The second-order valence-corrected chi connectivity index (χ2v) is 6.76. The molecule has 0 aliphatic rings. The summed E-state index contributed by atoms with van der Waals surface area (Å²) in [5, 5.41) is 0. The number of hydrogen-bond acceptors (Lipinski definition) is 4. The molecule has 2 rings (SSSR count). The van der Waals surface area contributed by atoms with Gasteiger partial charge >= 0.3 is 5.97 Å². The second kappa shape index (κ2) is 7.72. The van der Waals surface area contributed by atoms with Crippen molar-refractivity contribution in [2.75, 3.05) is 0 Å². The molecular weight excluding hydrogens is 382 g/mol. The lowest BCUT2D eigenvalue weighted by Gasteiger charge is -2.27. The third-order valence-electron chi connectivity index (χ3n) is 3.58. The molecule has 0 radical (unpaired) electrons. The molecule has 122 valence electrons. The Morgan fingerprint density at radius 3 is 2.35 bits per heavy atom. The van der Waals surface area contributed by atoms with Crippen molar-refractivity contribution < 1.29 is 18.0 Å². The van der Waals surface area contributed by atoms with Crippen LogP contribution < -0.4 is 4.89 Å². The maximum Gasteiger partial charge on any atom is 0.336 e. The van der Waals surface area contributed by atoms with E-state index in [0.29, 0.717) is 6.42 Å². The molecule has 0 spiro atoms. The van der Waals surface area contributed by atoms with Gasteiger partial charge in [0, 0.05) is 4.47 Å². The SMILES string of the molecule is CC(Cc1ccccc1Br)(C(=O)ON[SH](=O)=O)c1ccccc1. The highest BCUT2D eigenvalue weighted by Crippen LogP contribution is 2.32. The highest BCUT2D eigenvalue weighted by molar-refractivity contribution is 9.10. The summed E-state index contributed by atoms with van der Waals surface area (Å²) >= 11 is 3.47. The molecule has 7 heteroatoms. The zero-order valence-electron chi connectivity index (χ0n) is 12.4. The predicted octanol–water partition coefficient (Wildman–Crippen LogP) is 2.52. The van der Waals surface area contributed by atoms with E-state index in [4.69, 9.17) is 4.84 Å². The highest BCUT2D eigenvalue weighted by Gasteiger charge is 2.38. The largest absolute Gasteiger partial charge is 0.355 e. The first-order valence-corrected chi connectivity index (χ1v) is 8.81. The Bertz CT molecular complexity index is 756. The molecule has 0 bridgehead atoms. The second-order valence-electron chi connectivity index (χ2n) is 5.20. The van der Waals surface area contributed by atoms with Gasteiger partial charge in [-0.05, 0) is 35.4 Å². The minimum Gasteiger partial charge on any atom is -0.355 e. The first kappa shape index (κ1) is 17.7. The fourth-order valence-electron chi connectivity index (χ4n) is 2.31. The first-order valence-electron chi connectivity index (χ1n) is 6.84. The first-order chi connectivity index (χ1) is 10.9. The lowest BCUT2D eigenvalue weighted by molar-refractivity contribution is -0.153. The molecule has 0 heterocycles. The molecule has 1 atom stereocenters. The topological polar surface area (TPSA) is 72.5 Å². The van der Waals surface area contributed by atoms with Crippen LogP contribution in [0.3, 0.4) is 0 Å². The van der Waals surface area contributed by atoms with Gasteiger partial charge in [0.25, 0.3) is 0 Å². The average molecular weight is 398 g/mol. The van der Waals surface area contributed by atoms with Crippen molar-refractivity contribution in [3.05, 3.63) is 70.2 Å². The third-order valence-corrected chi connectivity index (χ3v) is 4.59. The fourth-order valence-corrected chi connectivity index (χ4v) is 2.89. The van der Waals surface area contributed by atoms with E-state index in [0.717, 1.165) is 15.6 Å². The van der Waals surface area contributed by atoms with Gasteiger partial charge in [-0.1, -0.05) is 64.5 Å². The molecule has 0 amide bonds. The van der Waals surface area contributed by atoms with Gasteiger partial charge in [0.2, 0.25) is 10.9 Å². The zero-order chi connectivity index (χ0) is 16.9. The maximum absolute atomic E-state index is 12.5. The quantitative estimate of drug-likeness (QED) is 0.580. The summed E-state index contributed by atoms with van der Waals surface area (Å²) < 4.78 is 22.1.